The lowest BCUT2D eigenvalue weighted by Crippen LogP contribution is -2.27. The summed E-state index contributed by atoms with van der Waals surface area (Å²) < 4.78 is 23.2. The Labute approximate surface area is 57.1 Å². The van der Waals surface area contributed by atoms with Crippen molar-refractivity contribution >= 4 is 10.8 Å². The Morgan fingerprint density at radius 3 is 2.67 bits per heavy atom. The Bertz CT molecular complexity index is 114. The van der Waals surface area contributed by atoms with E-state index in [9.17, 15) is 8.60 Å². The van der Waals surface area contributed by atoms with Gasteiger partial charge in [0, 0.05) is 16.6 Å². The maximum atomic E-state index is 12.5. The fraction of sp³-hybridized carbons (Fsp3) is 1.00. The summed E-state index contributed by atoms with van der Waals surface area (Å²) in [5, 5.41) is 0. The second kappa shape index (κ2) is 2.78. The van der Waals surface area contributed by atoms with E-state index in [1.165, 1.54) is 0 Å². The first-order valence-electron chi connectivity index (χ1n) is 3.17. The molecule has 3 heteroatoms. The van der Waals surface area contributed by atoms with Crippen LogP contribution in [0.4, 0.5) is 4.39 Å². The van der Waals surface area contributed by atoms with E-state index >= 15 is 0 Å². The van der Waals surface area contributed by atoms with Crippen molar-refractivity contribution < 1.29 is 8.60 Å². The summed E-state index contributed by atoms with van der Waals surface area (Å²) in [6.45, 7) is 1.95. The minimum absolute atomic E-state index is 0.268. The first-order valence-corrected chi connectivity index (χ1v) is 4.66. The summed E-state index contributed by atoms with van der Waals surface area (Å²) in [7, 11) is -0.875. The largest absolute Gasteiger partial charge is 0.259 e. The predicted octanol–water partition coefficient (Wildman–Crippen LogP) is 1.11. The Balaban J connectivity index is 2.43. The van der Waals surface area contributed by atoms with Crippen LogP contribution in [0.1, 0.15) is 13.3 Å². The van der Waals surface area contributed by atoms with Crippen molar-refractivity contribution in [2.75, 3.05) is 11.5 Å². The van der Waals surface area contributed by atoms with Crippen molar-refractivity contribution in [1.29, 1.82) is 0 Å². The molecule has 0 aromatic carbocycles. The zero-order chi connectivity index (χ0) is 6.85. The van der Waals surface area contributed by atoms with Crippen LogP contribution in [0.15, 0.2) is 0 Å². The van der Waals surface area contributed by atoms with Gasteiger partial charge in [-0.1, -0.05) is 6.92 Å². The molecule has 0 saturated carbocycles. The van der Waals surface area contributed by atoms with Crippen molar-refractivity contribution in [3.8, 4) is 0 Å². The van der Waals surface area contributed by atoms with E-state index < -0.39 is 17.0 Å². The maximum Gasteiger partial charge on any atom is 0.112 e. The normalized spacial score (nSPS) is 44.9. The molecule has 0 N–H and O–H groups in total. The van der Waals surface area contributed by atoms with Crippen molar-refractivity contribution in [1.82, 2.24) is 0 Å². The number of hydrogen-bond donors (Lipinski definition) is 0. The van der Waals surface area contributed by atoms with Crippen LogP contribution in [-0.2, 0) is 10.8 Å². The zero-order valence-corrected chi connectivity index (χ0v) is 6.29. The lowest BCUT2D eigenvalue weighted by atomic mass is 10.1. The molecule has 1 aliphatic rings. The first kappa shape index (κ1) is 7.19. The minimum atomic E-state index is -0.875. The number of rotatable bonds is 0. The molecule has 0 radical (unpaired) electrons. The molecule has 1 aliphatic heterocycles. The Morgan fingerprint density at radius 1 is 1.56 bits per heavy atom. The molecular weight excluding hydrogens is 139 g/mol. The first-order chi connectivity index (χ1) is 4.18. The molecule has 0 aliphatic carbocycles. The summed E-state index contributed by atoms with van der Waals surface area (Å²) in [6.07, 6.45) is -0.208. The van der Waals surface area contributed by atoms with Gasteiger partial charge in [0.1, 0.15) is 6.17 Å². The van der Waals surface area contributed by atoms with Crippen LogP contribution in [0.5, 0.6) is 0 Å². The maximum absolute atomic E-state index is 12.5. The molecular formula is C6H11FOS. The van der Waals surface area contributed by atoms with E-state index in [-0.39, 0.29) is 5.75 Å². The highest BCUT2D eigenvalue weighted by Gasteiger charge is 2.22. The molecule has 1 fully saturated rings. The second-order valence-electron chi connectivity index (χ2n) is 2.71. The Morgan fingerprint density at radius 2 is 2.22 bits per heavy atom. The van der Waals surface area contributed by atoms with Crippen LogP contribution in [0.25, 0.3) is 0 Å². The molecule has 1 rings (SSSR count). The topological polar surface area (TPSA) is 17.1 Å². The standard InChI is InChI=1S/C6H11FOS/c1-5-2-6(7)4-9(8)3-5/h5-6H,2-4H2,1H3. The molecule has 1 heterocycles. The van der Waals surface area contributed by atoms with Gasteiger partial charge in [-0.25, -0.2) is 4.39 Å². The summed E-state index contributed by atoms with van der Waals surface area (Å²) in [4.78, 5) is 0. The van der Waals surface area contributed by atoms with Gasteiger partial charge in [0.15, 0.2) is 0 Å². The smallest absolute Gasteiger partial charge is 0.112 e. The van der Waals surface area contributed by atoms with Crippen LogP contribution >= 0.6 is 0 Å². The molecule has 9 heavy (non-hydrogen) atoms. The average Bonchev–Trinajstić information content (AvgIpc) is 1.59. The lowest BCUT2D eigenvalue weighted by Gasteiger charge is -2.19. The van der Waals surface area contributed by atoms with Crippen LogP contribution in [0.3, 0.4) is 0 Å². The number of hydrogen-bond acceptors (Lipinski definition) is 1. The van der Waals surface area contributed by atoms with Gasteiger partial charge < -0.3 is 0 Å². The van der Waals surface area contributed by atoms with Gasteiger partial charge in [-0.15, -0.1) is 0 Å². The molecule has 0 bridgehead atoms. The predicted molar refractivity (Wildman–Crippen MR) is 36.6 cm³/mol. The summed E-state index contributed by atoms with van der Waals surface area (Å²) in [5.74, 6) is 1.28. The molecule has 0 spiro atoms. The third-order valence-electron chi connectivity index (χ3n) is 1.50. The minimum Gasteiger partial charge on any atom is -0.259 e. The molecule has 1 nitrogen and oxygen atoms in total. The van der Waals surface area contributed by atoms with Gasteiger partial charge in [0.05, 0.1) is 5.75 Å². The highest BCUT2D eigenvalue weighted by molar-refractivity contribution is 7.85. The van der Waals surface area contributed by atoms with Crippen LogP contribution in [0, 0.1) is 5.92 Å². The van der Waals surface area contributed by atoms with Gasteiger partial charge in [-0.05, 0) is 12.3 Å². The molecule has 54 valence electrons. The molecule has 0 aromatic heterocycles. The van der Waals surface area contributed by atoms with E-state index in [2.05, 4.69) is 0 Å². The van der Waals surface area contributed by atoms with Crippen molar-refractivity contribution in [3.05, 3.63) is 0 Å². The van der Waals surface area contributed by atoms with E-state index in [1.54, 1.807) is 0 Å². The van der Waals surface area contributed by atoms with Crippen LogP contribution in [0.2, 0.25) is 0 Å². The molecule has 3 unspecified atom stereocenters. The van der Waals surface area contributed by atoms with Crippen LogP contribution in [-0.4, -0.2) is 21.9 Å². The SMILES string of the molecule is CC1CC(F)CS(=O)C1. The van der Waals surface area contributed by atoms with E-state index in [0.29, 0.717) is 18.1 Å². The van der Waals surface area contributed by atoms with E-state index in [0.717, 1.165) is 0 Å². The van der Waals surface area contributed by atoms with Gasteiger partial charge in [0.25, 0.3) is 0 Å². The van der Waals surface area contributed by atoms with Crippen molar-refractivity contribution in [3.63, 3.8) is 0 Å². The Hall–Kier alpha value is 0.0800. The monoisotopic (exact) mass is 150 g/mol. The summed E-state index contributed by atoms with van der Waals surface area (Å²) >= 11 is 0. The summed E-state index contributed by atoms with van der Waals surface area (Å²) in [5.41, 5.74) is 0. The molecule has 3 atom stereocenters. The number of alkyl halides is 1. The number of halogens is 1. The molecule has 0 aromatic rings. The summed E-state index contributed by atoms with van der Waals surface area (Å²) in [6, 6.07) is 0. The zero-order valence-electron chi connectivity index (χ0n) is 5.47. The van der Waals surface area contributed by atoms with E-state index in [1.807, 2.05) is 6.92 Å². The van der Waals surface area contributed by atoms with Gasteiger partial charge >= 0.3 is 0 Å². The average molecular weight is 150 g/mol. The van der Waals surface area contributed by atoms with Gasteiger partial charge in [-0.3, -0.25) is 4.21 Å². The van der Waals surface area contributed by atoms with E-state index in [4.69, 9.17) is 0 Å². The highest BCUT2D eigenvalue weighted by Crippen LogP contribution is 2.17. The third-order valence-corrected chi connectivity index (χ3v) is 3.17. The van der Waals surface area contributed by atoms with Crippen molar-refractivity contribution in [2.24, 2.45) is 5.92 Å². The second-order valence-corrected chi connectivity index (χ2v) is 4.26. The Kier molecular flexibility index (Phi) is 2.22. The highest BCUT2D eigenvalue weighted by atomic mass is 32.2. The fourth-order valence-electron chi connectivity index (χ4n) is 1.16. The quantitative estimate of drug-likeness (QED) is 0.505. The third kappa shape index (κ3) is 2.05. The van der Waals surface area contributed by atoms with Gasteiger partial charge in [0.2, 0.25) is 0 Å². The lowest BCUT2D eigenvalue weighted by molar-refractivity contribution is 0.301. The van der Waals surface area contributed by atoms with Crippen molar-refractivity contribution in [2.45, 2.75) is 19.5 Å². The molecule has 1 saturated heterocycles. The molecule has 0 amide bonds. The van der Waals surface area contributed by atoms with Crippen LogP contribution < -0.4 is 0 Å². The fourth-order valence-corrected chi connectivity index (χ4v) is 2.61. The van der Waals surface area contributed by atoms with Gasteiger partial charge in [-0.2, -0.15) is 0 Å².